The largest absolute Gasteiger partial charge is 0.300 e. The van der Waals surface area contributed by atoms with Gasteiger partial charge in [0.05, 0.1) is 5.75 Å². The second kappa shape index (κ2) is 9.64. The molecule has 0 fully saturated rings. The molecule has 1 amide bonds. The number of aryl methyl sites for hydroxylation is 1. The molecule has 0 radical (unpaired) electrons. The molecule has 1 N–H and O–H groups in total. The fraction of sp³-hybridized carbons (Fsp3) is 0.158. The first-order valence-electron chi connectivity index (χ1n) is 8.19. The topological polar surface area (TPSA) is 72.0 Å². The number of benzene rings is 2. The van der Waals surface area contributed by atoms with Crippen molar-refractivity contribution in [2.75, 3.05) is 11.1 Å². The van der Waals surface area contributed by atoms with Crippen molar-refractivity contribution < 1.29 is 9.59 Å². The van der Waals surface area contributed by atoms with Crippen molar-refractivity contribution in [3.05, 3.63) is 70.7 Å². The molecule has 3 aromatic rings. The molecule has 0 saturated heterocycles. The van der Waals surface area contributed by atoms with Crippen LogP contribution in [0.25, 0.3) is 0 Å². The van der Waals surface area contributed by atoms with Crippen LogP contribution in [-0.2, 0) is 11.2 Å². The lowest BCUT2D eigenvalue weighted by Crippen LogP contribution is -2.12. The van der Waals surface area contributed by atoms with E-state index in [9.17, 15) is 9.59 Å². The Morgan fingerprint density at radius 1 is 1.04 bits per heavy atom. The highest BCUT2D eigenvalue weighted by Gasteiger charge is 2.12. The quantitative estimate of drug-likeness (QED) is 0.325. The third-order valence-electron chi connectivity index (χ3n) is 3.63. The maximum absolute atomic E-state index is 12.2. The van der Waals surface area contributed by atoms with Crippen LogP contribution in [0.1, 0.15) is 22.3 Å². The summed E-state index contributed by atoms with van der Waals surface area (Å²) in [7, 11) is 0. The van der Waals surface area contributed by atoms with Crippen LogP contribution in [0.2, 0.25) is 5.02 Å². The highest BCUT2D eigenvalue weighted by Crippen LogP contribution is 2.26. The molecule has 1 aromatic heterocycles. The maximum atomic E-state index is 12.2. The summed E-state index contributed by atoms with van der Waals surface area (Å²) >= 11 is 8.38. The van der Waals surface area contributed by atoms with Gasteiger partial charge in [-0.2, -0.15) is 0 Å². The zero-order valence-electron chi connectivity index (χ0n) is 14.2. The predicted molar refractivity (Wildman–Crippen MR) is 110 cm³/mol. The van der Waals surface area contributed by atoms with Gasteiger partial charge in [-0.1, -0.05) is 65.0 Å². The van der Waals surface area contributed by atoms with E-state index in [-0.39, 0.29) is 17.4 Å². The Morgan fingerprint density at radius 2 is 1.78 bits per heavy atom. The molecule has 0 spiro atoms. The summed E-state index contributed by atoms with van der Waals surface area (Å²) < 4.78 is 0.635. The van der Waals surface area contributed by atoms with Crippen molar-refractivity contribution in [2.24, 2.45) is 0 Å². The lowest BCUT2D eigenvalue weighted by molar-refractivity contribution is -0.116. The van der Waals surface area contributed by atoms with Crippen molar-refractivity contribution in [3.63, 3.8) is 0 Å². The number of Topliss-reactive ketones (excluding diaryl/α,β-unsaturated/α-hetero) is 1. The SMILES string of the molecule is O=C(CCc1ccccc1)Nc1nnc(SCC(=O)c2ccc(Cl)cc2)s1. The Morgan fingerprint density at radius 3 is 2.52 bits per heavy atom. The van der Waals surface area contributed by atoms with Crippen LogP contribution in [0.5, 0.6) is 0 Å². The number of hydrogen-bond donors (Lipinski definition) is 1. The van der Waals surface area contributed by atoms with E-state index in [1.165, 1.54) is 23.1 Å². The van der Waals surface area contributed by atoms with Crippen molar-refractivity contribution >= 4 is 51.5 Å². The number of amides is 1. The summed E-state index contributed by atoms with van der Waals surface area (Å²) in [4.78, 5) is 24.2. The van der Waals surface area contributed by atoms with Crippen LogP contribution in [0, 0.1) is 0 Å². The number of ketones is 1. The fourth-order valence-corrected chi connectivity index (χ4v) is 4.04. The zero-order chi connectivity index (χ0) is 19.1. The average Bonchev–Trinajstić information content (AvgIpc) is 3.13. The van der Waals surface area contributed by atoms with E-state index in [2.05, 4.69) is 15.5 Å². The number of rotatable bonds is 8. The van der Waals surface area contributed by atoms with Gasteiger partial charge in [0.25, 0.3) is 0 Å². The van der Waals surface area contributed by atoms with Gasteiger partial charge in [-0.05, 0) is 36.2 Å². The van der Waals surface area contributed by atoms with Crippen LogP contribution < -0.4 is 5.32 Å². The number of nitrogens with one attached hydrogen (secondary N) is 1. The molecular weight excluding hydrogens is 402 g/mol. The molecule has 0 aliphatic heterocycles. The molecule has 0 unspecified atom stereocenters. The summed E-state index contributed by atoms with van der Waals surface area (Å²) in [5.41, 5.74) is 1.72. The van der Waals surface area contributed by atoms with E-state index < -0.39 is 0 Å². The van der Waals surface area contributed by atoms with Crippen LogP contribution in [0.3, 0.4) is 0 Å². The minimum absolute atomic E-state index is 0.0136. The van der Waals surface area contributed by atoms with E-state index >= 15 is 0 Å². The second-order valence-corrected chi connectivity index (χ2v) is 8.26. The smallest absolute Gasteiger partial charge is 0.226 e. The molecule has 1 heterocycles. The molecule has 3 rings (SSSR count). The number of thioether (sulfide) groups is 1. The first kappa shape index (κ1) is 19.5. The number of hydrogen-bond acceptors (Lipinski definition) is 6. The molecule has 8 heteroatoms. The first-order chi connectivity index (χ1) is 13.1. The van der Waals surface area contributed by atoms with Crippen molar-refractivity contribution in [1.29, 1.82) is 0 Å². The van der Waals surface area contributed by atoms with Crippen LogP contribution in [0.4, 0.5) is 5.13 Å². The number of halogens is 1. The van der Waals surface area contributed by atoms with Gasteiger partial charge in [-0.25, -0.2) is 0 Å². The summed E-state index contributed by atoms with van der Waals surface area (Å²) in [6.45, 7) is 0. The van der Waals surface area contributed by atoms with E-state index in [0.717, 1.165) is 5.56 Å². The Bertz CT molecular complexity index is 914. The molecule has 27 heavy (non-hydrogen) atoms. The minimum Gasteiger partial charge on any atom is -0.300 e. The molecule has 0 aliphatic rings. The Kier molecular flexibility index (Phi) is 6.98. The fourth-order valence-electron chi connectivity index (χ4n) is 2.25. The Labute approximate surface area is 170 Å². The summed E-state index contributed by atoms with van der Waals surface area (Å²) in [5.74, 6) is 0.127. The summed E-state index contributed by atoms with van der Waals surface area (Å²) in [5, 5.41) is 11.8. The van der Waals surface area contributed by atoms with Gasteiger partial charge in [-0.3, -0.25) is 9.59 Å². The normalized spacial score (nSPS) is 10.6. The molecule has 5 nitrogen and oxygen atoms in total. The van der Waals surface area contributed by atoms with E-state index in [4.69, 9.17) is 11.6 Å². The van der Waals surface area contributed by atoms with Gasteiger partial charge >= 0.3 is 0 Å². The number of aromatic nitrogens is 2. The van der Waals surface area contributed by atoms with Gasteiger partial charge < -0.3 is 5.32 Å². The highest BCUT2D eigenvalue weighted by molar-refractivity contribution is 8.01. The molecule has 0 saturated carbocycles. The Balaban J connectivity index is 1.45. The highest BCUT2D eigenvalue weighted by atomic mass is 35.5. The Hall–Kier alpha value is -2.22. The van der Waals surface area contributed by atoms with Crippen LogP contribution >= 0.6 is 34.7 Å². The molecule has 0 aliphatic carbocycles. The van der Waals surface area contributed by atoms with E-state index in [1.807, 2.05) is 30.3 Å². The van der Waals surface area contributed by atoms with Crippen LogP contribution in [-0.4, -0.2) is 27.6 Å². The number of carbonyl (C=O) groups is 2. The zero-order valence-corrected chi connectivity index (χ0v) is 16.6. The van der Waals surface area contributed by atoms with Gasteiger partial charge in [0, 0.05) is 17.0 Å². The lowest BCUT2D eigenvalue weighted by Gasteiger charge is -2.01. The summed E-state index contributed by atoms with van der Waals surface area (Å²) in [6.07, 6.45) is 1.05. The third-order valence-corrected chi connectivity index (χ3v) is 5.85. The maximum Gasteiger partial charge on any atom is 0.226 e. The number of anilines is 1. The molecule has 0 atom stereocenters. The molecular formula is C19H16ClN3O2S2. The predicted octanol–water partition coefficient (Wildman–Crippen LogP) is 4.74. The molecule has 2 aromatic carbocycles. The number of carbonyl (C=O) groups excluding carboxylic acids is 2. The van der Waals surface area contributed by atoms with Gasteiger partial charge in [-0.15, -0.1) is 10.2 Å². The van der Waals surface area contributed by atoms with E-state index in [0.29, 0.717) is 32.9 Å². The van der Waals surface area contributed by atoms with E-state index in [1.54, 1.807) is 24.3 Å². The van der Waals surface area contributed by atoms with Gasteiger partial charge in [0.15, 0.2) is 10.1 Å². The number of nitrogens with zero attached hydrogens (tertiary/aromatic N) is 2. The van der Waals surface area contributed by atoms with Crippen molar-refractivity contribution in [1.82, 2.24) is 10.2 Å². The average molecular weight is 418 g/mol. The van der Waals surface area contributed by atoms with Gasteiger partial charge in [0.2, 0.25) is 11.0 Å². The third kappa shape index (κ3) is 6.16. The minimum atomic E-state index is -0.108. The van der Waals surface area contributed by atoms with Crippen LogP contribution in [0.15, 0.2) is 58.9 Å². The first-order valence-corrected chi connectivity index (χ1v) is 10.4. The monoisotopic (exact) mass is 417 g/mol. The van der Waals surface area contributed by atoms with Crippen molar-refractivity contribution in [2.45, 2.75) is 17.2 Å². The van der Waals surface area contributed by atoms with Crippen molar-refractivity contribution in [3.8, 4) is 0 Å². The standard InChI is InChI=1S/C19H16ClN3O2S2/c20-15-9-7-14(8-10-15)16(24)12-26-19-23-22-18(27-19)21-17(25)11-6-13-4-2-1-3-5-13/h1-5,7-10H,6,11-12H2,(H,21,22,25). The second-order valence-electron chi connectivity index (χ2n) is 5.63. The summed E-state index contributed by atoms with van der Waals surface area (Å²) in [6, 6.07) is 16.6. The lowest BCUT2D eigenvalue weighted by atomic mass is 10.1. The molecule has 0 bridgehead atoms. The molecule has 138 valence electrons. The van der Waals surface area contributed by atoms with Gasteiger partial charge in [0.1, 0.15) is 0 Å².